The number of nitrogens with one attached hydrogen (secondary N) is 1. The number of benzene rings is 1. The predicted octanol–water partition coefficient (Wildman–Crippen LogP) is 5.08. The van der Waals surface area contributed by atoms with Gasteiger partial charge in [-0.1, -0.05) is 29.8 Å². The first kappa shape index (κ1) is 13.8. The summed E-state index contributed by atoms with van der Waals surface area (Å²) < 4.78 is 3.02. The lowest BCUT2D eigenvalue weighted by Gasteiger charge is -2.16. The van der Waals surface area contributed by atoms with Gasteiger partial charge in [0.1, 0.15) is 4.34 Å². The van der Waals surface area contributed by atoms with Crippen LogP contribution in [-0.4, -0.2) is 7.05 Å². The van der Waals surface area contributed by atoms with Crippen LogP contribution in [0.15, 0.2) is 34.8 Å². The largest absolute Gasteiger partial charge is 0.309 e. The fraction of sp³-hybridized carbons (Fsp3) is 0.167. The maximum atomic E-state index is 6.10. The second-order valence-corrected chi connectivity index (χ2v) is 7.22. The van der Waals surface area contributed by atoms with Gasteiger partial charge in [0.15, 0.2) is 0 Å². The molecule has 1 aromatic carbocycles. The molecule has 0 fully saturated rings. The van der Waals surface area contributed by atoms with Crippen molar-refractivity contribution >= 4 is 61.5 Å². The molecule has 0 radical (unpaired) electrons. The Labute approximate surface area is 132 Å². The summed E-state index contributed by atoms with van der Waals surface area (Å²) in [5.41, 5.74) is 1.28. The van der Waals surface area contributed by atoms with Crippen LogP contribution in [0.25, 0.3) is 0 Å². The molecule has 90 valence electrons. The SMILES string of the molecule is CNC(c1cc(Br)c(Cl)s1)c1ccccc1I. The fourth-order valence-corrected chi connectivity index (χ4v) is 4.23. The van der Waals surface area contributed by atoms with Crippen molar-refractivity contribution in [2.75, 3.05) is 7.05 Å². The molecular weight excluding hydrogens is 432 g/mol. The minimum Gasteiger partial charge on any atom is -0.309 e. The van der Waals surface area contributed by atoms with Crippen molar-refractivity contribution in [3.05, 3.63) is 53.2 Å². The van der Waals surface area contributed by atoms with Crippen molar-refractivity contribution < 1.29 is 0 Å². The van der Waals surface area contributed by atoms with Gasteiger partial charge >= 0.3 is 0 Å². The van der Waals surface area contributed by atoms with Crippen LogP contribution in [-0.2, 0) is 0 Å². The summed E-state index contributed by atoms with van der Waals surface area (Å²) >= 11 is 13.5. The molecule has 1 N–H and O–H groups in total. The van der Waals surface area contributed by atoms with Crippen molar-refractivity contribution in [1.82, 2.24) is 5.32 Å². The van der Waals surface area contributed by atoms with Crippen LogP contribution in [0, 0.1) is 3.57 Å². The molecule has 2 rings (SSSR count). The highest BCUT2D eigenvalue weighted by Crippen LogP contribution is 2.38. The highest BCUT2D eigenvalue weighted by molar-refractivity contribution is 14.1. The third-order valence-corrected chi connectivity index (χ3v) is 5.98. The smallest absolute Gasteiger partial charge is 0.107 e. The molecule has 1 unspecified atom stereocenters. The number of hydrogen-bond acceptors (Lipinski definition) is 2. The molecule has 17 heavy (non-hydrogen) atoms. The highest BCUT2D eigenvalue weighted by atomic mass is 127. The van der Waals surface area contributed by atoms with Crippen LogP contribution in [0.2, 0.25) is 4.34 Å². The molecule has 5 heteroatoms. The molecule has 0 aliphatic carbocycles. The van der Waals surface area contributed by atoms with Gasteiger partial charge in [0.05, 0.1) is 6.04 Å². The summed E-state index contributed by atoms with van der Waals surface area (Å²) in [6.07, 6.45) is 0. The molecule has 1 nitrogen and oxygen atoms in total. The van der Waals surface area contributed by atoms with Crippen molar-refractivity contribution in [2.24, 2.45) is 0 Å². The Hall–Kier alpha value is 0.380. The summed E-state index contributed by atoms with van der Waals surface area (Å²) in [7, 11) is 1.97. The van der Waals surface area contributed by atoms with E-state index in [9.17, 15) is 0 Å². The Morgan fingerprint density at radius 1 is 1.41 bits per heavy atom. The van der Waals surface area contributed by atoms with Gasteiger partial charge in [-0.2, -0.15) is 0 Å². The monoisotopic (exact) mass is 441 g/mol. The van der Waals surface area contributed by atoms with Crippen LogP contribution < -0.4 is 5.32 Å². The highest BCUT2D eigenvalue weighted by Gasteiger charge is 2.18. The van der Waals surface area contributed by atoms with Crippen molar-refractivity contribution in [3.63, 3.8) is 0 Å². The van der Waals surface area contributed by atoms with Gasteiger partial charge in [-0.25, -0.2) is 0 Å². The number of halogens is 3. The Balaban J connectivity index is 2.44. The first-order chi connectivity index (χ1) is 8.13. The van der Waals surface area contributed by atoms with Crippen LogP contribution in [0.3, 0.4) is 0 Å². The Bertz CT molecular complexity index is 509. The molecule has 0 aliphatic rings. The molecule has 0 saturated carbocycles. The third-order valence-electron chi connectivity index (χ3n) is 2.45. The minimum absolute atomic E-state index is 0.192. The quantitative estimate of drug-likeness (QED) is 0.654. The van der Waals surface area contributed by atoms with E-state index in [0.717, 1.165) is 8.81 Å². The average molecular weight is 443 g/mol. The van der Waals surface area contributed by atoms with E-state index < -0.39 is 0 Å². The van der Waals surface area contributed by atoms with E-state index in [0.29, 0.717) is 0 Å². The number of thiophene rings is 1. The summed E-state index contributed by atoms with van der Waals surface area (Å²) in [6.45, 7) is 0. The first-order valence-corrected chi connectivity index (χ1v) is 8.06. The number of rotatable bonds is 3. The van der Waals surface area contributed by atoms with E-state index in [1.165, 1.54) is 14.0 Å². The Morgan fingerprint density at radius 3 is 2.65 bits per heavy atom. The summed E-state index contributed by atoms with van der Waals surface area (Å²) in [4.78, 5) is 1.22. The molecule has 0 spiro atoms. The lowest BCUT2D eigenvalue weighted by molar-refractivity contribution is 0.700. The van der Waals surface area contributed by atoms with Gasteiger partial charge < -0.3 is 5.32 Å². The zero-order valence-corrected chi connectivity index (χ0v) is 14.3. The second-order valence-electron chi connectivity index (χ2n) is 3.51. The molecular formula is C12H10BrClINS. The van der Waals surface area contributed by atoms with E-state index in [2.05, 4.69) is 74.2 Å². The molecule has 1 heterocycles. The third kappa shape index (κ3) is 3.04. The van der Waals surface area contributed by atoms with E-state index in [1.54, 1.807) is 11.3 Å². The van der Waals surface area contributed by atoms with Crippen molar-refractivity contribution in [3.8, 4) is 0 Å². The van der Waals surface area contributed by atoms with Crippen LogP contribution in [0.4, 0.5) is 0 Å². The zero-order chi connectivity index (χ0) is 12.4. The molecule has 1 atom stereocenters. The van der Waals surface area contributed by atoms with Gasteiger partial charge in [0.2, 0.25) is 0 Å². The van der Waals surface area contributed by atoms with Gasteiger partial charge in [0.25, 0.3) is 0 Å². The van der Waals surface area contributed by atoms with Crippen LogP contribution >= 0.6 is 61.5 Å². The normalized spacial score (nSPS) is 12.7. The Morgan fingerprint density at radius 2 is 2.12 bits per heavy atom. The van der Waals surface area contributed by atoms with E-state index in [1.807, 2.05) is 7.05 Å². The van der Waals surface area contributed by atoms with Gasteiger partial charge in [-0.3, -0.25) is 0 Å². The Kier molecular flexibility index (Phi) is 4.88. The van der Waals surface area contributed by atoms with E-state index >= 15 is 0 Å². The van der Waals surface area contributed by atoms with Crippen molar-refractivity contribution in [2.45, 2.75) is 6.04 Å². The summed E-state index contributed by atoms with van der Waals surface area (Å²) in [5, 5.41) is 3.34. The molecule has 0 saturated heterocycles. The fourth-order valence-electron chi connectivity index (χ4n) is 1.67. The van der Waals surface area contributed by atoms with E-state index in [4.69, 9.17) is 11.6 Å². The van der Waals surface area contributed by atoms with Gasteiger partial charge in [-0.05, 0) is 63.3 Å². The van der Waals surface area contributed by atoms with Crippen molar-refractivity contribution in [1.29, 1.82) is 0 Å². The lowest BCUT2D eigenvalue weighted by atomic mass is 10.1. The average Bonchev–Trinajstić information content (AvgIpc) is 2.63. The molecule has 2 aromatic rings. The van der Waals surface area contributed by atoms with Crippen LogP contribution in [0.1, 0.15) is 16.5 Å². The minimum atomic E-state index is 0.192. The van der Waals surface area contributed by atoms with E-state index in [-0.39, 0.29) is 6.04 Å². The molecule has 0 aliphatic heterocycles. The van der Waals surface area contributed by atoms with Gasteiger partial charge in [0, 0.05) is 12.9 Å². The zero-order valence-electron chi connectivity index (χ0n) is 9.01. The number of hydrogen-bond donors (Lipinski definition) is 1. The first-order valence-electron chi connectivity index (χ1n) is 5.00. The molecule has 0 bridgehead atoms. The van der Waals surface area contributed by atoms with Gasteiger partial charge in [-0.15, -0.1) is 11.3 Å². The molecule has 0 amide bonds. The van der Waals surface area contributed by atoms with Crippen LogP contribution in [0.5, 0.6) is 0 Å². The molecule has 1 aromatic heterocycles. The second kappa shape index (κ2) is 6.02. The standard InChI is InChI=1S/C12H10BrClINS/c1-16-11(7-4-2-3-5-9(7)15)10-6-8(13)12(14)17-10/h2-6,11,16H,1H3. The maximum Gasteiger partial charge on any atom is 0.107 e. The predicted molar refractivity (Wildman–Crippen MR) is 87.1 cm³/mol. The maximum absolute atomic E-state index is 6.10. The topological polar surface area (TPSA) is 12.0 Å². The summed E-state index contributed by atoms with van der Waals surface area (Å²) in [6, 6.07) is 10.6. The lowest BCUT2D eigenvalue weighted by Crippen LogP contribution is -2.17. The summed E-state index contributed by atoms with van der Waals surface area (Å²) in [5.74, 6) is 0.